The molecule has 0 amide bonds. The first kappa shape index (κ1) is 13.8. The summed E-state index contributed by atoms with van der Waals surface area (Å²) in [5.41, 5.74) is 0.270. The lowest BCUT2D eigenvalue weighted by Gasteiger charge is -2.39. The van der Waals surface area contributed by atoms with E-state index in [-0.39, 0.29) is 11.8 Å². The van der Waals surface area contributed by atoms with Crippen LogP contribution in [-0.4, -0.2) is 5.97 Å². The van der Waals surface area contributed by atoms with Crippen LogP contribution in [0.4, 0.5) is 4.39 Å². The van der Waals surface area contributed by atoms with E-state index in [0.717, 1.165) is 11.1 Å². The Bertz CT molecular complexity index is 698. The molecule has 0 aliphatic carbocycles. The van der Waals surface area contributed by atoms with E-state index in [4.69, 9.17) is 4.74 Å². The van der Waals surface area contributed by atoms with E-state index in [2.05, 4.69) is 0 Å². The highest BCUT2D eigenvalue weighted by molar-refractivity contribution is 5.95. The van der Waals surface area contributed by atoms with E-state index in [1.807, 2.05) is 39.0 Å². The third-order valence-electron chi connectivity index (χ3n) is 4.20. The van der Waals surface area contributed by atoms with E-state index >= 15 is 0 Å². The Hall–Kier alpha value is -2.16. The van der Waals surface area contributed by atoms with E-state index in [9.17, 15) is 9.18 Å². The number of fused-ring (bicyclic) bond motifs is 1. The number of ether oxygens (including phenoxy) is 1. The number of halogens is 1. The smallest absolute Gasteiger partial charge is 0.327 e. The van der Waals surface area contributed by atoms with Crippen LogP contribution in [0.15, 0.2) is 48.5 Å². The van der Waals surface area contributed by atoms with Gasteiger partial charge in [-0.1, -0.05) is 51.1 Å². The second-order valence-corrected chi connectivity index (χ2v) is 6.39. The molecule has 3 heteroatoms. The predicted molar refractivity (Wildman–Crippen MR) is 78.7 cm³/mol. The van der Waals surface area contributed by atoms with Gasteiger partial charge >= 0.3 is 5.97 Å². The van der Waals surface area contributed by atoms with Crippen molar-refractivity contribution in [3.8, 4) is 5.75 Å². The summed E-state index contributed by atoms with van der Waals surface area (Å²) in [7, 11) is 0. The number of benzene rings is 2. The molecule has 1 aliphatic rings. The number of hydrogen-bond acceptors (Lipinski definition) is 2. The molecule has 1 heterocycles. The van der Waals surface area contributed by atoms with Crippen molar-refractivity contribution < 1.29 is 13.9 Å². The monoisotopic (exact) mass is 284 g/mol. The van der Waals surface area contributed by atoms with Gasteiger partial charge in [-0.2, -0.15) is 0 Å². The summed E-state index contributed by atoms with van der Waals surface area (Å²) in [6, 6.07) is 13.6. The summed E-state index contributed by atoms with van der Waals surface area (Å²) in [6.07, 6.45) is 0. The zero-order valence-electron chi connectivity index (χ0n) is 12.3. The van der Waals surface area contributed by atoms with Crippen molar-refractivity contribution >= 4 is 5.97 Å². The van der Waals surface area contributed by atoms with Gasteiger partial charge in [0.1, 0.15) is 17.0 Å². The molecule has 1 aliphatic heterocycles. The zero-order valence-corrected chi connectivity index (χ0v) is 12.3. The maximum absolute atomic E-state index is 13.3. The lowest BCUT2D eigenvalue weighted by Crippen LogP contribution is -2.46. The Balaban J connectivity index is 2.34. The SMILES string of the molecule is CC(C)(C)C1(c2ccc(F)cc2)C(=O)Oc2ccccc21. The third kappa shape index (κ3) is 1.80. The summed E-state index contributed by atoms with van der Waals surface area (Å²) in [4.78, 5) is 12.8. The minimum atomic E-state index is -0.919. The van der Waals surface area contributed by atoms with Crippen LogP contribution in [0.3, 0.4) is 0 Å². The van der Waals surface area contributed by atoms with Gasteiger partial charge in [-0.15, -0.1) is 0 Å². The van der Waals surface area contributed by atoms with Crippen molar-refractivity contribution in [3.63, 3.8) is 0 Å². The van der Waals surface area contributed by atoms with Crippen molar-refractivity contribution in [3.05, 3.63) is 65.5 Å². The third-order valence-corrected chi connectivity index (χ3v) is 4.20. The second-order valence-electron chi connectivity index (χ2n) is 6.39. The molecule has 0 saturated heterocycles. The van der Waals surface area contributed by atoms with Crippen LogP contribution in [0.1, 0.15) is 31.9 Å². The first-order valence-corrected chi connectivity index (χ1v) is 6.95. The molecule has 21 heavy (non-hydrogen) atoms. The van der Waals surface area contributed by atoms with Crippen molar-refractivity contribution in [2.45, 2.75) is 26.2 Å². The average Bonchev–Trinajstić information content (AvgIpc) is 2.72. The number of carbonyl (C=O) groups is 1. The van der Waals surface area contributed by atoms with E-state index in [1.54, 1.807) is 18.2 Å². The van der Waals surface area contributed by atoms with E-state index in [1.165, 1.54) is 12.1 Å². The Morgan fingerprint density at radius 2 is 1.62 bits per heavy atom. The molecule has 108 valence electrons. The van der Waals surface area contributed by atoms with Gasteiger partial charge in [0, 0.05) is 5.56 Å². The highest BCUT2D eigenvalue weighted by atomic mass is 19.1. The number of hydrogen-bond donors (Lipinski definition) is 0. The molecule has 0 radical (unpaired) electrons. The number of para-hydroxylation sites is 1. The maximum Gasteiger partial charge on any atom is 0.327 e. The van der Waals surface area contributed by atoms with Gasteiger partial charge < -0.3 is 4.74 Å². The number of esters is 1. The molecule has 0 saturated carbocycles. The molecular weight excluding hydrogens is 267 g/mol. The molecule has 1 atom stereocenters. The predicted octanol–water partition coefficient (Wildman–Crippen LogP) is 4.08. The topological polar surface area (TPSA) is 26.3 Å². The minimum Gasteiger partial charge on any atom is -0.425 e. The fraction of sp³-hybridized carbons (Fsp3) is 0.278. The van der Waals surface area contributed by atoms with Crippen LogP contribution in [0.2, 0.25) is 0 Å². The van der Waals surface area contributed by atoms with Gasteiger partial charge in [0.2, 0.25) is 0 Å². The molecule has 2 nitrogen and oxygen atoms in total. The Labute approximate surface area is 123 Å². The molecule has 0 spiro atoms. The highest BCUT2D eigenvalue weighted by Gasteiger charge is 2.57. The molecule has 0 fully saturated rings. The van der Waals surface area contributed by atoms with Crippen molar-refractivity contribution in [2.75, 3.05) is 0 Å². The van der Waals surface area contributed by atoms with Gasteiger partial charge in [0.05, 0.1) is 0 Å². The standard InChI is InChI=1S/C18H17FO2/c1-17(2,3)18(12-8-10-13(19)11-9-12)14-6-4-5-7-15(14)21-16(18)20/h4-11H,1-3H3. The Morgan fingerprint density at radius 3 is 2.24 bits per heavy atom. The molecule has 1 unspecified atom stereocenters. The van der Waals surface area contributed by atoms with E-state index < -0.39 is 10.8 Å². The lowest BCUT2D eigenvalue weighted by atomic mass is 9.60. The number of rotatable bonds is 1. The second kappa shape index (κ2) is 4.42. The Kier molecular flexibility index (Phi) is 2.90. The average molecular weight is 284 g/mol. The maximum atomic E-state index is 13.3. The van der Waals surface area contributed by atoms with Crippen LogP contribution in [0.5, 0.6) is 5.75 Å². The van der Waals surface area contributed by atoms with Gasteiger partial charge in [0.25, 0.3) is 0 Å². The molecule has 0 N–H and O–H groups in total. The minimum absolute atomic E-state index is 0.303. The largest absolute Gasteiger partial charge is 0.425 e. The fourth-order valence-electron chi connectivity index (χ4n) is 3.27. The fourth-order valence-corrected chi connectivity index (χ4v) is 3.27. The van der Waals surface area contributed by atoms with Crippen molar-refractivity contribution in [1.82, 2.24) is 0 Å². The zero-order chi connectivity index (χ0) is 15.3. The molecule has 0 bridgehead atoms. The first-order valence-electron chi connectivity index (χ1n) is 6.95. The van der Waals surface area contributed by atoms with Crippen LogP contribution in [0, 0.1) is 11.2 Å². The van der Waals surface area contributed by atoms with Crippen molar-refractivity contribution in [1.29, 1.82) is 0 Å². The highest BCUT2D eigenvalue weighted by Crippen LogP contribution is 2.54. The normalized spacial score (nSPS) is 21.0. The van der Waals surface area contributed by atoms with Crippen molar-refractivity contribution in [2.24, 2.45) is 5.41 Å². The van der Waals surface area contributed by atoms with Crippen LogP contribution < -0.4 is 4.74 Å². The van der Waals surface area contributed by atoms with Crippen LogP contribution in [0.25, 0.3) is 0 Å². The summed E-state index contributed by atoms with van der Waals surface area (Å²) in [5.74, 6) is -0.0352. The summed E-state index contributed by atoms with van der Waals surface area (Å²) in [5, 5.41) is 0. The first-order chi connectivity index (χ1) is 9.87. The van der Waals surface area contributed by atoms with E-state index in [0.29, 0.717) is 5.75 Å². The molecule has 2 aromatic carbocycles. The summed E-state index contributed by atoms with van der Waals surface area (Å²) >= 11 is 0. The molecule has 0 aromatic heterocycles. The van der Waals surface area contributed by atoms with Gasteiger partial charge in [-0.25, -0.2) is 4.39 Å². The Morgan fingerprint density at radius 1 is 1.00 bits per heavy atom. The molecule has 3 rings (SSSR count). The summed E-state index contributed by atoms with van der Waals surface area (Å²) < 4.78 is 18.8. The number of carbonyl (C=O) groups excluding carboxylic acids is 1. The van der Waals surface area contributed by atoms with Crippen LogP contribution >= 0.6 is 0 Å². The molecular formula is C18H17FO2. The van der Waals surface area contributed by atoms with Gasteiger partial charge in [-0.05, 0) is 29.2 Å². The van der Waals surface area contributed by atoms with Gasteiger partial charge in [-0.3, -0.25) is 4.79 Å². The quantitative estimate of drug-likeness (QED) is 0.582. The van der Waals surface area contributed by atoms with Gasteiger partial charge in [0.15, 0.2) is 0 Å². The molecule has 2 aromatic rings. The lowest BCUT2D eigenvalue weighted by molar-refractivity contribution is -0.140. The summed E-state index contributed by atoms with van der Waals surface area (Å²) in [6.45, 7) is 6.00. The van der Waals surface area contributed by atoms with Crippen LogP contribution in [-0.2, 0) is 10.2 Å².